The van der Waals surface area contributed by atoms with Crippen molar-refractivity contribution >= 4 is 11.0 Å². The van der Waals surface area contributed by atoms with Crippen molar-refractivity contribution in [1.82, 2.24) is 14.5 Å². The maximum Gasteiger partial charge on any atom is 0.111 e. The topological polar surface area (TPSA) is 47.1 Å². The van der Waals surface area contributed by atoms with E-state index in [9.17, 15) is 0 Å². The molecule has 1 aromatic carbocycles. The molecule has 0 fully saturated rings. The molecular formula is C16H26N4. The van der Waals surface area contributed by atoms with Gasteiger partial charge in [-0.3, -0.25) is 0 Å². The number of para-hydroxylation sites is 2. The highest BCUT2D eigenvalue weighted by Gasteiger charge is 2.12. The van der Waals surface area contributed by atoms with Crippen LogP contribution in [-0.2, 0) is 13.5 Å². The van der Waals surface area contributed by atoms with E-state index in [0.717, 1.165) is 43.8 Å². The minimum atomic E-state index is 0.172. The summed E-state index contributed by atoms with van der Waals surface area (Å²) in [6.07, 6.45) is 1.86. The maximum absolute atomic E-state index is 6.27. The van der Waals surface area contributed by atoms with Gasteiger partial charge in [-0.2, -0.15) is 0 Å². The average molecular weight is 274 g/mol. The summed E-state index contributed by atoms with van der Waals surface area (Å²) in [5.74, 6) is 1.08. The van der Waals surface area contributed by atoms with Crippen LogP contribution >= 0.6 is 0 Å². The largest absolute Gasteiger partial charge is 0.331 e. The Kier molecular flexibility index (Phi) is 5.15. The Hall–Kier alpha value is -1.39. The lowest BCUT2D eigenvalue weighted by Gasteiger charge is -2.20. The molecule has 0 amide bonds. The molecule has 1 atom stereocenters. The van der Waals surface area contributed by atoms with Gasteiger partial charge < -0.3 is 15.2 Å². The number of nitrogens with two attached hydrogens (primary N) is 1. The lowest BCUT2D eigenvalue weighted by molar-refractivity contribution is 0.289. The minimum absolute atomic E-state index is 0.172. The highest BCUT2D eigenvalue weighted by molar-refractivity contribution is 5.75. The first-order valence-corrected chi connectivity index (χ1v) is 7.54. The van der Waals surface area contributed by atoms with Gasteiger partial charge in [0.2, 0.25) is 0 Å². The minimum Gasteiger partial charge on any atom is -0.331 e. The molecule has 2 N–H and O–H groups in total. The molecule has 0 aliphatic carbocycles. The van der Waals surface area contributed by atoms with Crippen molar-refractivity contribution in [3.63, 3.8) is 0 Å². The number of benzene rings is 1. The van der Waals surface area contributed by atoms with Crippen molar-refractivity contribution < 1.29 is 0 Å². The van der Waals surface area contributed by atoms with Crippen molar-refractivity contribution in [2.75, 3.05) is 19.6 Å². The van der Waals surface area contributed by atoms with Gasteiger partial charge in [-0.1, -0.05) is 26.0 Å². The first kappa shape index (κ1) is 15.0. The Bertz CT molecular complexity index is 542. The molecule has 0 saturated heterocycles. The number of fused-ring (bicyclic) bond motifs is 1. The molecule has 2 rings (SSSR count). The highest BCUT2D eigenvalue weighted by atomic mass is 15.1. The zero-order valence-corrected chi connectivity index (χ0v) is 12.8. The lowest BCUT2D eigenvalue weighted by Crippen LogP contribution is -2.32. The Morgan fingerprint density at radius 3 is 2.60 bits per heavy atom. The Labute approximate surface area is 121 Å². The van der Waals surface area contributed by atoms with Gasteiger partial charge in [0.1, 0.15) is 5.82 Å². The molecular weight excluding hydrogens is 248 g/mol. The summed E-state index contributed by atoms with van der Waals surface area (Å²) in [7, 11) is 2.07. The predicted octanol–water partition coefficient (Wildman–Crippen LogP) is 2.17. The summed E-state index contributed by atoms with van der Waals surface area (Å²) >= 11 is 0. The smallest absolute Gasteiger partial charge is 0.111 e. The van der Waals surface area contributed by atoms with E-state index < -0.39 is 0 Å². The first-order valence-electron chi connectivity index (χ1n) is 7.54. The van der Waals surface area contributed by atoms with Crippen molar-refractivity contribution in [3.05, 3.63) is 30.1 Å². The second-order valence-electron chi connectivity index (χ2n) is 5.36. The van der Waals surface area contributed by atoms with Gasteiger partial charge in [0.05, 0.1) is 11.0 Å². The molecule has 20 heavy (non-hydrogen) atoms. The van der Waals surface area contributed by atoms with E-state index in [0.29, 0.717) is 0 Å². The van der Waals surface area contributed by atoms with Crippen LogP contribution in [0.5, 0.6) is 0 Å². The fourth-order valence-corrected chi connectivity index (χ4v) is 2.60. The van der Waals surface area contributed by atoms with Gasteiger partial charge in [-0.25, -0.2) is 4.98 Å². The second kappa shape index (κ2) is 6.86. The zero-order valence-electron chi connectivity index (χ0n) is 12.8. The van der Waals surface area contributed by atoms with Gasteiger partial charge in [0, 0.05) is 19.5 Å². The molecule has 4 nitrogen and oxygen atoms in total. The van der Waals surface area contributed by atoms with Crippen molar-refractivity contribution in [1.29, 1.82) is 0 Å². The molecule has 0 aliphatic heterocycles. The van der Waals surface area contributed by atoms with Crippen LogP contribution in [0, 0.1) is 0 Å². The summed E-state index contributed by atoms with van der Waals surface area (Å²) in [5, 5.41) is 0. The standard InChI is InChI=1S/C16H26N4/c1-4-20(5-2)11-10-13(17)12-16-18-14-8-6-7-9-15(14)19(16)3/h6-9,13H,4-5,10-12,17H2,1-3H3. The molecule has 1 aromatic heterocycles. The zero-order chi connectivity index (χ0) is 14.5. The number of aryl methyl sites for hydroxylation is 1. The summed E-state index contributed by atoms with van der Waals surface area (Å²) < 4.78 is 2.16. The monoisotopic (exact) mass is 274 g/mol. The molecule has 2 aromatic rings. The van der Waals surface area contributed by atoms with E-state index in [-0.39, 0.29) is 6.04 Å². The quantitative estimate of drug-likeness (QED) is 0.842. The summed E-state index contributed by atoms with van der Waals surface area (Å²) in [6.45, 7) is 7.64. The number of rotatable bonds is 7. The molecule has 110 valence electrons. The summed E-state index contributed by atoms with van der Waals surface area (Å²) in [4.78, 5) is 7.10. The van der Waals surface area contributed by atoms with Gasteiger partial charge in [-0.15, -0.1) is 0 Å². The maximum atomic E-state index is 6.27. The van der Waals surface area contributed by atoms with Crippen LogP contribution in [0.25, 0.3) is 11.0 Å². The predicted molar refractivity (Wildman–Crippen MR) is 84.8 cm³/mol. The molecule has 0 radical (unpaired) electrons. The van der Waals surface area contributed by atoms with Crippen LogP contribution in [-0.4, -0.2) is 40.1 Å². The number of imidazole rings is 1. The molecule has 1 unspecified atom stereocenters. The number of hydrogen-bond acceptors (Lipinski definition) is 3. The fraction of sp³-hybridized carbons (Fsp3) is 0.562. The van der Waals surface area contributed by atoms with Crippen LogP contribution < -0.4 is 5.73 Å². The molecule has 0 aliphatic rings. The van der Waals surface area contributed by atoms with Gasteiger partial charge >= 0.3 is 0 Å². The number of hydrogen-bond donors (Lipinski definition) is 1. The van der Waals surface area contributed by atoms with E-state index >= 15 is 0 Å². The van der Waals surface area contributed by atoms with E-state index in [1.807, 2.05) is 12.1 Å². The normalized spacial score (nSPS) is 13.2. The third-order valence-electron chi connectivity index (χ3n) is 4.04. The summed E-state index contributed by atoms with van der Waals surface area (Å²) in [6, 6.07) is 8.41. The Balaban J connectivity index is 1.99. The van der Waals surface area contributed by atoms with Crippen molar-refractivity contribution in [3.8, 4) is 0 Å². The molecule has 1 heterocycles. The van der Waals surface area contributed by atoms with E-state index in [4.69, 9.17) is 5.73 Å². The van der Waals surface area contributed by atoms with Crippen LogP contribution in [0.4, 0.5) is 0 Å². The third-order valence-corrected chi connectivity index (χ3v) is 4.04. The average Bonchev–Trinajstić information content (AvgIpc) is 2.77. The molecule has 4 heteroatoms. The van der Waals surface area contributed by atoms with Gasteiger partial charge in [0.25, 0.3) is 0 Å². The third kappa shape index (κ3) is 3.38. The van der Waals surface area contributed by atoms with Crippen LogP contribution in [0.15, 0.2) is 24.3 Å². The van der Waals surface area contributed by atoms with Gasteiger partial charge in [-0.05, 0) is 38.2 Å². The SMILES string of the molecule is CCN(CC)CCC(N)Cc1nc2ccccc2n1C. The van der Waals surface area contributed by atoms with Crippen molar-refractivity contribution in [2.24, 2.45) is 12.8 Å². The van der Waals surface area contributed by atoms with E-state index in [1.165, 1.54) is 5.52 Å². The summed E-state index contributed by atoms with van der Waals surface area (Å²) in [5.41, 5.74) is 8.51. The lowest BCUT2D eigenvalue weighted by atomic mass is 10.1. The molecule has 0 saturated carbocycles. The number of aromatic nitrogens is 2. The van der Waals surface area contributed by atoms with Gasteiger partial charge in [0.15, 0.2) is 0 Å². The highest BCUT2D eigenvalue weighted by Crippen LogP contribution is 2.15. The van der Waals surface area contributed by atoms with E-state index in [1.54, 1.807) is 0 Å². The molecule has 0 spiro atoms. The fourth-order valence-electron chi connectivity index (χ4n) is 2.60. The van der Waals surface area contributed by atoms with Crippen molar-refractivity contribution in [2.45, 2.75) is 32.7 Å². The molecule has 0 bridgehead atoms. The first-order chi connectivity index (χ1) is 9.65. The Morgan fingerprint density at radius 2 is 1.95 bits per heavy atom. The number of nitrogens with zero attached hydrogens (tertiary/aromatic N) is 3. The van der Waals surface area contributed by atoms with Crippen LogP contribution in [0.3, 0.4) is 0 Å². The van der Waals surface area contributed by atoms with Crippen LogP contribution in [0.2, 0.25) is 0 Å². The second-order valence-corrected chi connectivity index (χ2v) is 5.36. The Morgan fingerprint density at radius 1 is 1.25 bits per heavy atom. The van der Waals surface area contributed by atoms with E-state index in [2.05, 4.69) is 47.5 Å². The van der Waals surface area contributed by atoms with Crippen LogP contribution in [0.1, 0.15) is 26.1 Å².